The molecule has 0 spiro atoms. The Morgan fingerprint density at radius 3 is 2.73 bits per heavy atom. The Kier molecular flexibility index (Phi) is 4.77. The molecule has 15 heavy (non-hydrogen) atoms. The van der Waals surface area contributed by atoms with Crippen molar-refractivity contribution in [2.45, 2.75) is 38.4 Å². The van der Waals surface area contributed by atoms with Gasteiger partial charge in [0.25, 0.3) is 0 Å². The van der Waals surface area contributed by atoms with Crippen molar-refractivity contribution < 1.29 is 9.84 Å². The first-order valence-electron chi connectivity index (χ1n) is 4.92. The van der Waals surface area contributed by atoms with Crippen molar-refractivity contribution in [1.82, 2.24) is 0 Å². The number of hydrogen-bond donors (Lipinski definition) is 1. The molecule has 4 heteroatoms. The lowest BCUT2D eigenvalue weighted by Gasteiger charge is -2.23. The molecule has 0 aliphatic carbocycles. The summed E-state index contributed by atoms with van der Waals surface area (Å²) in [5, 5.41) is 11.9. The number of thiophene rings is 1. The van der Waals surface area contributed by atoms with Crippen LogP contribution in [0.15, 0.2) is 15.9 Å². The lowest BCUT2D eigenvalue weighted by molar-refractivity contribution is 0.00309. The Bertz CT molecular complexity index is 309. The zero-order valence-electron chi connectivity index (χ0n) is 9.29. The number of aliphatic hydroxyl groups excluding tert-OH is 1. The molecule has 86 valence electrons. The summed E-state index contributed by atoms with van der Waals surface area (Å²) in [7, 11) is 1.70. The van der Waals surface area contributed by atoms with E-state index in [1.807, 2.05) is 25.3 Å². The lowest BCUT2D eigenvalue weighted by atomic mass is 9.99. The largest absolute Gasteiger partial charge is 0.388 e. The summed E-state index contributed by atoms with van der Waals surface area (Å²) in [5.74, 6) is 0. The lowest BCUT2D eigenvalue weighted by Crippen LogP contribution is -2.22. The fourth-order valence-corrected chi connectivity index (χ4v) is 2.70. The van der Waals surface area contributed by atoms with Crippen LogP contribution in [0.1, 0.15) is 37.7 Å². The van der Waals surface area contributed by atoms with Gasteiger partial charge in [-0.25, -0.2) is 0 Å². The Hall–Kier alpha value is 0.1000. The van der Waals surface area contributed by atoms with Gasteiger partial charge >= 0.3 is 0 Å². The molecule has 0 saturated heterocycles. The molecule has 1 atom stereocenters. The Morgan fingerprint density at radius 1 is 1.60 bits per heavy atom. The highest BCUT2D eigenvalue weighted by atomic mass is 79.9. The minimum absolute atomic E-state index is 0.157. The predicted molar refractivity (Wildman–Crippen MR) is 67.3 cm³/mol. The zero-order chi connectivity index (χ0) is 11.5. The maximum Gasteiger partial charge on any atom is 0.0883 e. The summed E-state index contributed by atoms with van der Waals surface area (Å²) >= 11 is 4.96. The third kappa shape index (κ3) is 4.23. The minimum atomic E-state index is -0.379. The van der Waals surface area contributed by atoms with Crippen LogP contribution in [-0.4, -0.2) is 17.8 Å². The maximum absolute atomic E-state index is 9.93. The molecule has 2 nitrogen and oxygen atoms in total. The predicted octanol–water partition coefficient (Wildman–Crippen LogP) is 3.75. The van der Waals surface area contributed by atoms with E-state index >= 15 is 0 Å². The van der Waals surface area contributed by atoms with Gasteiger partial charge < -0.3 is 9.84 Å². The molecular formula is C11H17BrO2S. The molecule has 0 bridgehead atoms. The molecule has 1 rings (SSSR count). The molecule has 0 aromatic carbocycles. The van der Waals surface area contributed by atoms with Crippen molar-refractivity contribution in [3.05, 3.63) is 20.8 Å². The first-order chi connectivity index (χ1) is 6.94. The van der Waals surface area contributed by atoms with Crippen molar-refractivity contribution in [3.8, 4) is 0 Å². The van der Waals surface area contributed by atoms with Crippen molar-refractivity contribution in [1.29, 1.82) is 0 Å². The summed E-state index contributed by atoms with van der Waals surface area (Å²) in [6, 6.07) is 1.97. The molecule has 0 aliphatic rings. The van der Waals surface area contributed by atoms with Gasteiger partial charge in [-0.3, -0.25) is 0 Å². The van der Waals surface area contributed by atoms with Gasteiger partial charge in [-0.1, -0.05) is 0 Å². The number of aliphatic hydroxyl groups is 1. The van der Waals surface area contributed by atoms with Gasteiger partial charge in [0.15, 0.2) is 0 Å². The van der Waals surface area contributed by atoms with E-state index in [-0.39, 0.29) is 11.7 Å². The van der Waals surface area contributed by atoms with Gasteiger partial charge in [0, 0.05) is 21.8 Å². The fourth-order valence-electron chi connectivity index (χ4n) is 1.23. The molecule has 0 saturated carbocycles. The summed E-state index contributed by atoms with van der Waals surface area (Å²) < 4.78 is 6.35. The van der Waals surface area contributed by atoms with Crippen LogP contribution in [0.2, 0.25) is 0 Å². The second-order valence-electron chi connectivity index (χ2n) is 4.19. The van der Waals surface area contributed by atoms with Crippen LogP contribution in [0, 0.1) is 0 Å². The molecule has 1 N–H and O–H groups in total. The quantitative estimate of drug-likeness (QED) is 0.896. The molecule has 1 unspecified atom stereocenters. The molecule has 1 aromatic rings. The summed E-state index contributed by atoms with van der Waals surface area (Å²) in [6.45, 7) is 4.06. The van der Waals surface area contributed by atoms with Gasteiger partial charge in [-0.05, 0) is 48.7 Å². The van der Waals surface area contributed by atoms with Gasteiger partial charge in [0.05, 0.1) is 11.7 Å². The van der Waals surface area contributed by atoms with E-state index in [1.54, 1.807) is 18.4 Å². The van der Waals surface area contributed by atoms with E-state index in [0.717, 1.165) is 22.2 Å². The zero-order valence-corrected chi connectivity index (χ0v) is 11.7. The molecule has 0 radical (unpaired) electrons. The van der Waals surface area contributed by atoms with Crippen LogP contribution < -0.4 is 0 Å². The molecule has 1 aromatic heterocycles. The number of halogens is 1. The first kappa shape index (κ1) is 13.2. The highest BCUT2D eigenvalue weighted by Gasteiger charge is 2.19. The van der Waals surface area contributed by atoms with Crippen LogP contribution in [0.25, 0.3) is 0 Å². The van der Waals surface area contributed by atoms with Gasteiger partial charge in [0.2, 0.25) is 0 Å². The number of rotatable bonds is 5. The highest BCUT2D eigenvalue weighted by Crippen LogP contribution is 2.30. The summed E-state index contributed by atoms with van der Waals surface area (Å²) in [4.78, 5) is 1.01. The van der Waals surface area contributed by atoms with E-state index in [4.69, 9.17) is 4.74 Å². The molecule has 0 amide bonds. The van der Waals surface area contributed by atoms with E-state index in [0.29, 0.717) is 0 Å². The topological polar surface area (TPSA) is 29.5 Å². The van der Waals surface area contributed by atoms with Crippen LogP contribution >= 0.6 is 27.3 Å². The standard InChI is InChI=1S/C11H17BrO2S/c1-11(2,14-3)5-4-9(13)10-6-8(12)7-15-10/h6-7,9,13H,4-5H2,1-3H3. The van der Waals surface area contributed by atoms with Crippen LogP contribution in [0.5, 0.6) is 0 Å². The SMILES string of the molecule is COC(C)(C)CCC(O)c1cc(Br)cs1. The second-order valence-corrected chi connectivity index (χ2v) is 6.04. The van der Waals surface area contributed by atoms with E-state index in [1.165, 1.54) is 0 Å². The monoisotopic (exact) mass is 292 g/mol. The fraction of sp³-hybridized carbons (Fsp3) is 0.636. The maximum atomic E-state index is 9.93. The Morgan fingerprint density at radius 2 is 2.27 bits per heavy atom. The average molecular weight is 293 g/mol. The molecule has 1 heterocycles. The van der Waals surface area contributed by atoms with E-state index in [9.17, 15) is 5.11 Å². The smallest absolute Gasteiger partial charge is 0.0883 e. The van der Waals surface area contributed by atoms with Crippen LogP contribution in [-0.2, 0) is 4.74 Å². The normalized spacial score (nSPS) is 14.2. The first-order valence-corrected chi connectivity index (χ1v) is 6.59. The van der Waals surface area contributed by atoms with Crippen molar-refractivity contribution in [2.24, 2.45) is 0 Å². The van der Waals surface area contributed by atoms with Crippen molar-refractivity contribution in [2.75, 3.05) is 7.11 Å². The van der Waals surface area contributed by atoms with Crippen molar-refractivity contribution >= 4 is 27.3 Å². The highest BCUT2D eigenvalue weighted by molar-refractivity contribution is 9.10. The average Bonchev–Trinajstić information content (AvgIpc) is 2.61. The van der Waals surface area contributed by atoms with Gasteiger partial charge in [-0.15, -0.1) is 11.3 Å². The third-order valence-corrected chi connectivity index (χ3v) is 4.28. The summed E-state index contributed by atoms with van der Waals surface area (Å²) in [5.41, 5.74) is -0.157. The minimum Gasteiger partial charge on any atom is -0.388 e. The van der Waals surface area contributed by atoms with E-state index in [2.05, 4.69) is 15.9 Å². The number of hydrogen-bond acceptors (Lipinski definition) is 3. The Labute approximate surface area is 103 Å². The second kappa shape index (κ2) is 5.43. The Balaban J connectivity index is 2.46. The number of methoxy groups -OCH3 is 1. The van der Waals surface area contributed by atoms with E-state index < -0.39 is 0 Å². The molecule has 0 fully saturated rings. The van der Waals surface area contributed by atoms with Crippen molar-refractivity contribution in [3.63, 3.8) is 0 Å². The van der Waals surface area contributed by atoms with Gasteiger partial charge in [-0.2, -0.15) is 0 Å². The molecular weight excluding hydrogens is 276 g/mol. The van der Waals surface area contributed by atoms with Crippen LogP contribution in [0.4, 0.5) is 0 Å². The van der Waals surface area contributed by atoms with Gasteiger partial charge in [0.1, 0.15) is 0 Å². The number of ether oxygens (including phenoxy) is 1. The summed E-state index contributed by atoms with van der Waals surface area (Å²) in [6.07, 6.45) is 1.20. The molecule has 0 aliphatic heterocycles. The third-order valence-electron chi connectivity index (χ3n) is 2.49. The van der Waals surface area contributed by atoms with Crippen LogP contribution in [0.3, 0.4) is 0 Å².